The maximum atomic E-state index is 3.79. The van der Waals surface area contributed by atoms with Crippen molar-refractivity contribution < 1.29 is 0 Å². The van der Waals surface area contributed by atoms with Gasteiger partial charge in [-0.25, -0.2) is 0 Å². The molecule has 0 spiro atoms. The van der Waals surface area contributed by atoms with Gasteiger partial charge in [-0.3, -0.25) is 0 Å². The molecule has 0 saturated heterocycles. The second-order valence-electron chi connectivity index (χ2n) is 4.56. The number of benzene rings is 1. The van der Waals surface area contributed by atoms with E-state index < -0.39 is 0 Å². The molecule has 1 saturated carbocycles. The van der Waals surface area contributed by atoms with Crippen LogP contribution in [0.25, 0.3) is 6.08 Å². The topological polar surface area (TPSA) is 0 Å². The summed E-state index contributed by atoms with van der Waals surface area (Å²) < 4.78 is 0. The molecule has 0 radical (unpaired) electrons. The highest BCUT2D eigenvalue weighted by molar-refractivity contribution is 5.47. The van der Waals surface area contributed by atoms with Crippen LogP contribution in [0, 0.1) is 0 Å². The Morgan fingerprint density at radius 3 is 2.07 bits per heavy atom. The van der Waals surface area contributed by atoms with Crippen molar-refractivity contribution in [3.8, 4) is 0 Å². The summed E-state index contributed by atoms with van der Waals surface area (Å²) in [6.45, 7) is 3.79. The van der Waals surface area contributed by atoms with Crippen molar-refractivity contribution in [3.05, 3.63) is 42.0 Å². The molecule has 2 rings (SSSR count). The van der Waals surface area contributed by atoms with Gasteiger partial charge in [-0.15, -0.1) is 0 Å². The van der Waals surface area contributed by atoms with Crippen molar-refractivity contribution in [2.45, 2.75) is 44.4 Å². The fourth-order valence-corrected chi connectivity index (χ4v) is 2.52. The molecule has 0 N–H and O–H groups in total. The SMILES string of the molecule is C=Cc1ccc(C2CCCCCC2)cc1. The Hall–Kier alpha value is -1.04. The maximum absolute atomic E-state index is 3.79. The molecule has 0 unspecified atom stereocenters. The summed E-state index contributed by atoms with van der Waals surface area (Å²) in [6, 6.07) is 8.94. The lowest BCUT2D eigenvalue weighted by Crippen LogP contribution is -1.96. The minimum absolute atomic E-state index is 0.811. The second kappa shape index (κ2) is 5.16. The summed E-state index contributed by atoms with van der Waals surface area (Å²) in [5.41, 5.74) is 2.76. The van der Waals surface area contributed by atoms with Gasteiger partial charge in [0.05, 0.1) is 0 Å². The highest BCUT2D eigenvalue weighted by Crippen LogP contribution is 2.31. The van der Waals surface area contributed by atoms with Gasteiger partial charge >= 0.3 is 0 Å². The van der Waals surface area contributed by atoms with Crippen LogP contribution in [0.5, 0.6) is 0 Å². The van der Waals surface area contributed by atoms with E-state index in [2.05, 4.69) is 30.8 Å². The molecule has 80 valence electrons. The van der Waals surface area contributed by atoms with Crippen LogP contribution in [0.4, 0.5) is 0 Å². The monoisotopic (exact) mass is 200 g/mol. The fraction of sp³-hybridized carbons (Fsp3) is 0.467. The normalized spacial score (nSPS) is 18.4. The van der Waals surface area contributed by atoms with Crippen LogP contribution in [-0.2, 0) is 0 Å². The van der Waals surface area contributed by atoms with Crippen LogP contribution >= 0.6 is 0 Å². The van der Waals surface area contributed by atoms with Gasteiger partial charge in [0, 0.05) is 0 Å². The van der Waals surface area contributed by atoms with Crippen LogP contribution in [0.15, 0.2) is 30.8 Å². The zero-order chi connectivity index (χ0) is 10.5. The van der Waals surface area contributed by atoms with Gasteiger partial charge in [0.15, 0.2) is 0 Å². The van der Waals surface area contributed by atoms with Crippen LogP contribution in [0.3, 0.4) is 0 Å². The quantitative estimate of drug-likeness (QED) is 0.603. The largest absolute Gasteiger partial charge is 0.0985 e. The Balaban J connectivity index is 2.09. The molecule has 1 aromatic carbocycles. The Kier molecular flexibility index (Phi) is 3.60. The van der Waals surface area contributed by atoms with Gasteiger partial charge in [-0.2, -0.15) is 0 Å². The standard InChI is InChI=1S/C15H20/c1-2-13-9-11-15(12-10-13)14-7-5-3-4-6-8-14/h2,9-12,14H,1,3-8H2. The van der Waals surface area contributed by atoms with E-state index >= 15 is 0 Å². The first-order valence-electron chi connectivity index (χ1n) is 6.12. The van der Waals surface area contributed by atoms with Crippen molar-refractivity contribution >= 4 is 6.08 Å². The molecule has 0 amide bonds. The first-order chi connectivity index (χ1) is 7.40. The summed E-state index contributed by atoms with van der Waals surface area (Å²) in [5, 5.41) is 0. The lowest BCUT2D eigenvalue weighted by Gasteiger charge is -2.14. The third-order valence-corrected chi connectivity index (χ3v) is 3.50. The van der Waals surface area contributed by atoms with E-state index in [9.17, 15) is 0 Å². The average Bonchev–Trinajstić information content (AvgIpc) is 2.58. The minimum atomic E-state index is 0.811. The van der Waals surface area contributed by atoms with E-state index in [0.717, 1.165) is 5.92 Å². The molecule has 0 atom stereocenters. The molecule has 0 aromatic heterocycles. The third kappa shape index (κ3) is 2.71. The highest BCUT2D eigenvalue weighted by Gasteiger charge is 2.13. The highest BCUT2D eigenvalue weighted by atomic mass is 14.2. The summed E-state index contributed by atoms with van der Waals surface area (Å²) in [7, 11) is 0. The molecule has 0 heterocycles. The fourth-order valence-electron chi connectivity index (χ4n) is 2.52. The third-order valence-electron chi connectivity index (χ3n) is 3.50. The van der Waals surface area contributed by atoms with Crippen LogP contribution in [0.1, 0.15) is 55.6 Å². The molecule has 1 fully saturated rings. The van der Waals surface area contributed by atoms with Crippen molar-refractivity contribution in [3.63, 3.8) is 0 Å². The second-order valence-corrected chi connectivity index (χ2v) is 4.56. The van der Waals surface area contributed by atoms with Gasteiger partial charge in [-0.05, 0) is 29.9 Å². The first-order valence-corrected chi connectivity index (χ1v) is 6.12. The number of hydrogen-bond donors (Lipinski definition) is 0. The molecular formula is C15H20. The number of rotatable bonds is 2. The van der Waals surface area contributed by atoms with E-state index in [-0.39, 0.29) is 0 Å². The Bertz CT molecular complexity index is 299. The summed E-state index contributed by atoms with van der Waals surface area (Å²) in [4.78, 5) is 0. The van der Waals surface area contributed by atoms with Crippen molar-refractivity contribution in [2.75, 3.05) is 0 Å². The number of hydrogen-bond acceptors (Lipinski definition) is 0. The average molecular weight is 200 g/mol. The maximum Gasteiger partial charge on any atom is -0.0162 e. The molecule has 1 aliphatic rings. The lowest BCUT2D eigenvalue weighted by atomic mass is 9.91. The minimum Gasteiger partial charge on any atom is -0.0985 e. The van der Waals surface area contributed by atoms with Crippen LogP contribution < -0.4 is 0 Å². The molecule has 0 bridgehead atoms. The molecular weight excluding hydrogens is 180 g/mol. The smallest absolute Gasteiger partial charge is 0.0162 e. The molecule has 0 heteroatoms. The zero-order valence-corrected chi connectivity index (χ0v) is 9.41. The van der Waals surface area contributed by atoms with E-state index in [1.165, 1.54) is 49.7 Å². The van der Waals surface area contributed by atoms with Crippen molar-refractivity contribution in [2.24, 2.45) is 0 Å². The summed E-state index contributed by atoms with van der Waals surface area (Å²) >= 11 is 0. The van der Waals surface area contributed by atoms with E-state index in [4.69, 9.17) is 0 Å². The first kappa shape index (κ1) is 10.5. The Morgan fingerprint density at radius 1 is 0.933 bits per heavy atom. The van der Waals surface area contributed by atoms with Gasteiger partial charge < -0.3 is 0 Å². The van der Waals surface area contributed by atoms with Crippen molar-refractivity contribution in [1.82, 2.24) is 0 Å². The van der Waals surface area contributed by atoms with Gasteiger partial charge in [0.2, 0.25) is 0 Å². The van der Waals surface area contributed by atoms with E-state index in [1.54, 1.807) is 0 Å². The predicted molar refractivity (Wildman–Crippen MR) is 67.0 cm³/mol. The van der Waals surface area contributed by atoms with Gasteiger partial charge in [0.1, 0.15) is 0 Å². The Labute approximate surface area is 93.0 Å². The summed E-state index contributed by atoms with van der Waals surface area (Å²) in [5.74, 6) is 0.811. The van der Waals surface area contributed by atoms with Gasteiger partial charge in [0.25, 0.3) is 0 Å². The zero-order valence-electron chi connectivity index (χ0n) is 9.41. The van der Waals surface area contributed by atoms with E-state index in [1.807, 2.05) is 6.08 Å². The molecule has 0 nitrogen and oxygen atoms in total. The lowest BCUT2D eigenvalue weighted by molar-refractivity contribution is 0.592. The van der Waals surface area contributed by atoms with Crippen LogP contribution in [0.2, 0.25) is 0 Å². The summed E-state index contributed by atoms with van der Waals surface area (Å²) in [6.07, 6.45) is 10.4. The van der Waals surface area contributed by atoms with Crippen LogP contribution in [-0.4, -0.2) is 0 Å². The predicted octanol–water partition coefficient (Wildman–Crippen LogP) is 4.77. The Morgan fingerprint density at radius 2 is 1.53 bits per heavy atom. The molecule has 1 aromatic rings. The van der Waals surface area contributed by atoms with Crippen molar-refractivity contribution in [1.29, 1.82) is 0 Å². The molecule has 0 aliphatic heterocycles. The molecule has 1 aliphatic carbocycles. The van der Waals surface area contributed by atoms with E-state index in [0.29, 0.717) is 0 Å². The van der Waals surface area contributed by atoms with Gasteiger partial charge in [-0.1, -0.05) is 62.6 Å². The molecule has 15 heavy (non-hydrogen) atoms.